The zero-order valence-corrected chi connectivity index (χ0v) is 9.70. The summed E-state index contributed by atoms with van der Waals surface area (Å²) in [6.07, 6.45) is -3.33. The number of pyridine rings is 1. The zero-order valence-electron chi connectivity index (χ0n) is 9.70. The van der Waals surface area contributed by atoms with Crippen LogP contribution in [0.15, 0.2) is 30.9 Å². The monoisotopic (exact) mass is 262 g/mol. The minimum atomic E-state index is -5.19. The topological polar surface area (TPSA) is 69.6 Å². The SMILES string of the molecule is C=CC[NH2+]c1cccc(C)n1.O=C([O-])C(F)(F)F. The molecule has 0 spiro atoms. The molecule has 0 unspecified atom stereocenters. The van der Waals surface area contributed by atoms with E-state index in [0.29, 0.717) is 0 Å². The highest BCUT2D eigenvalue weighted by Gasteiger charge is 2.28. The van der Waals surface area contributed by atoms with Gasteiger partial charge in [0.1, 0.15) is 5.97 Å². The van der Waals surface area contributed by atoms with Crippen molar-refractivity contribution in [1.82, 2.24) is 4.98 Å². The van der Waals surface area contributed by atoms with Crippen molar-refractivity contribution >= 4 is 11.8 Å². The van der Waals surface area contributed by atoms with Crippen molar-refractivity contribution in [2.75, 3.05) is 6.54 Å². The fourth-order valence-corrected chi connectivity index (χ4v) is 0.882. The molecule has 18 heavy (non-hydrogen) atoms. The van der Waals surface area contributed by atoms with Gasteiger partial charge < -0.3 is 9.90 Å². The third kappa shape index (κ3) is 7.39. The maximum absolute atomic E-state index is 10.5. The fraction of sp³-hybridized carbons (Fsp3) is 0.273. The molecule has 7 heteroatoms. The van der Waals surface area contributed by atoms with E-state index < -0.39 is 12.1 Å². The molecule has 2 N–H and O–H groups in total. The number of hydrogen-bond donors (Lipinski definition) is 1. The van der Waals surface area contributed by atoms with E-state index in [-0.39, 0.29) is 0 Å². The predicted octanol–water partition coefficient (Wildman–Crippen LogP) is 0.0695. The molecule has 0 atom stereocenters. The number of alkyl halides is 3. The number of nitrogens with two attached hydrogens (primary N) is 1. The maximum Gasteiger partial charge on any atom is 0.430 e. The van der Waals surface area contributed by atoms with Crippen LogP contribution < -0.4 is 10.4 Å². The molecule has 0 aliphatic rings. The summed E-state index contributed by atoms with van der Waals surface area (Å²) in [5.41, 5.74) is 1.06. The Balaban J connectivity index is 0.000000360. The summed E-state index contributed by atoms with van der Waals surface area (Å²) >= 11 is 0. The minimum Gasteiger partial charge on any atom is -0.542 e. The van der Waals surface area contributed by atoms with Crippen molar-refractivity contribution in [3.63, 3.8) is 0 Å². The van der Waals surface area contributed by atoms with Gasteiger partial charge >= 0.3 is 6.18 Å². The molecule has 0 aliphatic heterocycles. The van der Waals surface area contributed by atoms with Gasteiger partial charge in [0.15, 0.2) is 0 Å². The van der Waals surface area contributed by atoms with Crippen LogP contribution in [0.3, 0.4) is 0 Å². The Hall–Kier alpha value is -1.89. The lowest BCUT2D eigenvalue weighted by Gasteiger charge is -2.03. The molecule has 100 valence electrons. The standard InChI is InChI=1S/C9H12N2.C2HF3O2/c1-3-7-10-9-6-4-5-8(2)11-9;3-2(4,5)1(6)7/h3-6H,1,7H2,2H3,(H,10,11);(H,6,7). The lowest BCUT2D eigenvalue weighted by atomic mass is 10.4. The van der Waals surface area contributed by atoms with Crippen LogP contribution in [0.2, 0.25) is 0 Å². The van der Waals surface area contributed by atoms with Crippen molar-refractivity contribution in [2.24, 2.45) is 0 Å². The van der Waals surface area contributed by atoms with Gasteiger partial charge in [0.05, 0.1) is 6.54 Å². The summed E-state index contributed by atoms with van der Waals surface area (Å²) in [5.74, 6) is -1.97. The molecular weight excluding hydrogens is 249 g/mol. The molecule has 0 aliphatic carbocycles. The summed E-state index contributed by atoms with van der Waals surface area (Å²) in [6.45, 7) is 6.52. The number of carboxylic acids is 1. The van der Waals surface area contributed by atoms with Gasteiger partial charge in [0, 0.05) is 11.8 Å². The second kappa shape index (κ2) is 7.44. The number of halogens is 3. The number of aliphatic carboxylic acids is 1. The molecule has 0 aromatic carbocycles. The molecule has 0 bridgehead atoms. The number of carboxylic acid groups (broad SMARTS) is 1. The third-order valence-corrected chi connectivity index (χ3v) is 1.63. The maximum atomic E-state index is 10.5. The first kappa shape index (κ1) is 16.1. The summed E-state index contributed by atoms with van der Waals surface area (Å²) in [7, 11) is 0. The lowest BCUT2D eigenvalue weighted by molar-refractivity contribution is -0.564. The molecule has 1 aromatic rings. The van der Waals surface area contributed by atoms with Crippen molar-refractivity contribution < 1.29 is 28.4 Å². The Morgan fingerprint density at radius 3 is 2.50 bits per heavy atom. The summed E-state index contributed by atoms with van der Waals surface area (Å²) < 4.78 is 31.5. The number of carbonyl (C=O) groups excluding carboxylic acids is 1. The van der Waals surface area contributed by atoms with E-state index in [1.165, 1.54) is 0 Å². The van der Waals surface area contributed by atoms with Crippen LogP contribution >= 0.6 is 0 Å². The van der Waals surface area contributed by atoms with Crippen LogP contribution in [0.5, 0.6) is 0 Å². The quantitative estimate of drug-likeness (QED) is 0.784. The van der Waals surface area contributed by atoms with E-state index >= 15 is 0 Å². The Labute approximate surface area is 102 Å². The Morgan fingerprint density at radius 1 is 1.56 bits per heavy atom. The molecule has 0 fully saturated rings. The van der Waals surface area contributed by atoms with Crippen LogP contribution in [0.25, 0.3) is 0 Å². The largest absolute Gasteiger partial charge is 0.542 e. The Morgan fingerprint density at radius 2 is 2.11 bits per heavy atom. The highest BCUT2D eigenvalue weighted by molar-refractivity contribution is 5.70. The molecule has 1 heterocycles. The van der Waals surface area contributed by atoms with E-state index in [4.69, 9.17) is 9.90 Å². The van der Waals surface area contributed by atoms with E-state index in [1.54, 1.807) is 0 Å². The van der Waals surface area contributed by atoms with Gasteiger partial charge in [-0.15, -0.1) is 0 Å². The van der Waals surface area contributed by atoms with Gasteiger partial charge in [0.25, 0.3) is 0 Å². The van der Waals surface area contributed by atoms with Crippen molar-refractivity contribution in [3.8, 4) is 0 Å². The average Bonchev–Trinajstić information content (AvgIpc) is 2.26. The number of hydrogen-bond acceptors (Lipinski definition) is 3. The Bertz CT molecular complexity index is 406. The highest BCUT2D eigenvalue weighted by Crippen LogP contribution is 2.11. The van der Waals surface area contributed by atoms with Gasteiger partial charge in [-0.2, -0.15) is 13.2 Å². The predicted molar refractivity (Wildman–Crippen MR) is 56.7 cm³/mol. The number of rotatable bonds is 3. The lowest BCUT2D eigenvalue weighted by Crippen LogP contribution is -2.78. The van der Waals surface area contributed by atoms with Gasteiger partial charge in [-0.1, -0.05) is 12.6 Å². The van der Waals surface area contributed by atoms with Crippen LogP contribution in [0, 0.1) is 6.92 Å². The number of aryl methyl sites for hydroxylation is 1. The zero-order chi connectivity index (χ0) is 14.2. The van der Waals surface area contributed by atoms with E-state index in [0.717, 1.165) is 18.1 Å². The molecular formula is C11H13F3N2O2. The first-order valence-electron chi connectivity index (χ1n) is 4.93. The average molecular weight is 262 g/mol. The molecule has 0 saturated carbocycles. The third-order valence-electron chi connectivity index (χ3n) is 1.63. The van der Waals surface area contributed by atoms with Gasteiger partial charge in [0.2, 0.25) is 5.82 Å². The van der Waals surface area contributed by atoms with Gasteiger partial charge in [-0.25, -0.2) is 4.98 Å². The first-order chi connectivity index (χ1) is 8.27. The first-order valence-corrected chi connectivity index (χ1v) is 4.93. The number of quaternary nitrogens is 1. The van der Waals surface area contributed by atoms with Crippen molar-refractivity contribution in [2.45, 2.75) is 13.1 Å². The second-order valence-electron chi connectivity index (χ2n) is 3.22. The normalized spacial score (nSPS) is 10.2. The van der Waals surface area contributed by atoms with E-state index in [1.807, 2.05) is 31.2 Å². The minimum absolute atomic E-state index is 0.885. The van der Waals surface area contributed by atoms with Crippen LogP contribution in [-0.2, 0) is 4.79 Å². The van der Waals surface area contributed by atoms with Crippen LogP contribution in [0.4, 0.5) is 19.0 Å². The molecule has 0 saturated heterocycles. The molecule has 4 nitrogen and oxygen atoms in total. The molecule has 1 aromatic heterocycles. The number of nitrogens with zero attached hydrogens (tertiary/aromatic N) is 1. The molecule has 1 rings (SSSR count). The number of carbonyl (C=O) groups is 1. The Kier molecular flexibility index (Phi) is 6.66. The molecule has 0 amide bonds. The van der Waals surface area contributed by atoms with E-state index in [9.17, 15) is 13.2 Å². The van der Waals surface area contributed by atoms with Crippen LogP contribution in [-0.4, -0.2) is 23.7 Å². The van der Waals surface area contributed by atoms with Crippen LogP contribution in [0.1, 0.15) is 5.69 Å². The van der Waals surface area contributed by atoms with Crippen molar-refractivity contribution in [1.29, 1.82) is 0 Å². The van der Waals surface area contributed by atoms with Gasteiger partial charge in [-0.05, 0) is 19.1 Å². The van der Waals surface area contributed by atoms with Crippen molar-refractivity contribution in [3.05, 3.63) is 36.5 Å². The number of aromatic nitrogens is 1. The summed E-state index contributed by atoms with van der Waals surface area (Å²) in [6, 6.07) is 6.00. The summed E-state index contributed by atoms with van der Waals surface area (Å²) in [5, 5.41) is 10.8. The van der Waals surface area contributed by atoms with Gasteiger partial charge in [-0.3, -0.25) is 5.32 Å². The highest BCUT2D eigenvalue weighted by atomic mass is 19.4. The smallest absolute Gasteiger partial charge is 0.430 e. The summed E-state index contributed by atoms with van der Waals surface area (Å²) in [4.78, 5) is 13.1. The second-order valence-corrected chi connectivity index (χ2v) is 3.22. The molecule has 0 radical (unpaired) electrons. The van der Waals surface area contributed by atoms with E-state index in [2.05, 4.69) is 16.9 Å². The fourth-order valence-electron chi connectivity index (χ4n) is 0.882.